The van der Waals surface area contributed by atoms with Crippen LogP contribution in [0.15, 0.2) is 47.4 Å². The fourth-order valence-electron chi connectivity index (χ4n) is 2.53. The molecule has 140 valence electrons. The van der Waals surface area contributed by atoms with Crippen LogP contribution in [0.5, 0.6) is 11.5 Å². The van der Waals surface area contributed by atoms with Gasteiger partial charge in [0.2, 0.25) is 0 Å². The van der Waals surface area contributed by atoms with E-state index in [1.165, 1.54) is 4.90 Å². The summed E-state index contributed by atoms with van der Waals surface area (Å²) in [6.07, 6.45) is 2.04. The fraction of sp³-hybridized carbons (Fsp3) is 0.350. The molecule has 2 aromatic rings. The molecule has 26 heavy (non-hydrogen) atoms. The Morgan fingerprint density at radius 2 is 1.96 bits per heavy atom. The maximum absolute atomic E-state index is 12.4. The minimum Gasteiger partial charge on any atom is -0.493 e. The number of amides is 2. The van der Waals surface area contributed by atoms with Gasteiger partial charge in [-0.3, -0.25) is 0 Å². The van der Waals surface area contributed by atoms with Gasteiger partial charge in [0, 0.05) is 25.0 Å². The first kappa shape index (κ1) is 20.0. The van der Waals surface area contributed by atoms with E-state index in [9.17, 15) is 4.79 Å². The number of ether oxygens (including phenoxy) is 2. The number of rotatable bonds is 8. The van der Waals surface area contributed by atoms with Crippen LogP contribution in [0, 0.1) is 0 Å². The molecule has 5 nitrogen and oxygen atoms in total. The van der Waals surface area contributed by atoms with Gasteiger partial charge in [-0.25, -0.2) is 4.79 Å². The second-order valence-corrected chi connectivity index (χ2v) is 6.66. The summed E-state index contributed by atoms with van der Waals surface area (Å²) in [6, 6.07) is 13.8. The van der Waals surface area contributed by atoms with Crippen LogP contribution in [0.3, 0.4) is 0 Å². The van der Waals surface area contributed by atoms with Crippen LogP contribution in [-0.2, 0) is 13.1 Å². The van der Waals surface area contributed by atoms with E-state index in [1.54, 1.807) is 30.8 Å². The lowest BCUT2D eigenvalue weighted by atomic mass is 10.2. The number of thioether (sulfide) groups is 1. The Morgan fingerprint density at radius 3 is 2.65 bits per heavy atom. The standard InChI is InChI=1S/C20H26N2O3S/c1-5-25-19-12-16(9-10-18(19)24-3)14-22(2)20(23)21-13-15-7-6-8-17(11-15)26-4/h6-12H,5,13-14H2,1-4H3,(H,21,23). The third-order valence-corrected chi connectivity index (χ3v) is 4.60. The Bertz CT molecular complexity index is 737. The molecule has 0 saturated carbocycles. The highest BCUT2D eigenvalue weighted by molar-refractivity contribution is 7.98. The van der Waals surface area contributed by atoms with Crippen molar-refractivity contribution in [3.05, 3.63) is 53.6 Å². The molecular formula is C20H26N2O3S. The molecule has 0 aliphatic heterocycles. The van der Waals surface area contributed by atoms with E-state index in [-0.39, 0.29) is 6.03 Å². The summed E-state index contributed by atoms with van der Waals surface area (Å²) in [5.41, 5.74) is 2.07. The number of hydrogen-bond acceptors (Lipinski definition) is 4. The zero-order valence-corrected chi connectivity index (χ0v) is 16.6. The summed E-state index contributed by atoms with van der Waals surface area (Å²) in [5, 5.41) is 2.95. The zero-order valence-electron chi connectivity index (χ0n) is 15.7. The van der Waals surface area contributed by atoms with Crippen molar-refractivity contribution in [2.45, 2.75) is 24.9 Å². The normalized spacial score (nSPS) is 10.3. The SMILES string of the molecule is CCOc1cc(CN(C)C(=O)NCc2cccc(SC)c2)ccc1OC. The lowest BCUT2D eigenvalue weighted by molar-refractivity contribution is 0.206. The molecule has 0 aliphatic carbocycles. The molecule has 6 heteroatoms. The summed E-state index contributed by atoms with van der Waals surface area (Å²) in [6.45, 7) is 3.48. The van der Waals surface area contributed by atoms with Crippen LogP contribution in [-0.4, -0.2) is 38.0 Å². The molecule has 0 radical (unpaired) electrons. The molecule has 2 rings (SSSR count). The van der Waals surface area contributed by atoms with E-state index in [2.05, 4.69) is 17.4 Å². The molecule has 0 aliphatic rings. The molecule has 0 spiro atoms. The van der Waals surface area contributed by atoms with Crippen molar-refractivity contribution in [1.29, 1.82) is 0 Å². The summed E-state index contributed by atoms with van der Waals surface area (Å²) < 4.78 is 10.9. The van der Waals surface area contributed by atoms with Crippen molar-refractivity contribution in [3.8, 4) is 11.5 Å². The first-order chi connectivity index (χ1) is 12.6. The van der Waals surface area contributed by atoms with Gasteiger partial charge in [0.05, 0.1) is 13.7 Å². The van der Waals surface area contributed by atoms with Gasteiger partial charge in [-0.05, 0) is 48.6 Å². The van der Waals surface area contributed by atoms with Crippen LogP contribution < -0.4 is 14.8 Å². The van der Waals surface area contributed by atoms with Gasteiger partial charge in [-0.1, -0.05) is 18.2 Å². The van der Waals surface area contributed by atoms with Gasteiger partial charge in [-0.15, -0.1) is 11.8 Å². The van der Waals surface area contributed by atoms with Crippen LogP contribution in [0.25, 0.3) is 0 Å². The molecule has 1 N–H and O–H groups in total. The first-order valence-electron chi connectivity index (χ1n) is 8.49. The number of methoxy groups -OCH3 is 1. The highest BCUT2D eigenvalue weighted by Crippen LogP contribution is 2.28. The Morgan fingerprint density at radius 1 is 1.15 bits per heavy atom. The molecule has 0 atom stereocenters. The van der Waals surface area contributed by atoms with Gasteiger partial charge >= 0.3 is 6.03 Å². The van der Waals surface area contributed by atoms with Crippen molar-refractivity contribution >= 4 is 17.8 Å². The zero-order chi connectivity index (χ0) is 18.9. The van der Waals surface area contributed by atoms with Crippen molar-refractivity contribution in [3.63, 3.8) is 0 Å². The molecule has 0 aromatic heterocycles. The van der Waals surface area contributed by atoms with E-state index < -0.39 is 0 Å². The summed E-state index contributed by atoms with van der Waals surface area (Å²) in [5.74, 6) is 1.38. The average Bonchev–Trinajstić information content (AvgIpc) is 2.66. The van der Waals surface area contributed by atoms with Crippen molar-refractivity contribution < 1.29 is 14.3 Å². The summed E-state index contributed by atoms with van der Waals surface area (Å²) in [4.78, 5) is 15.2. The lowest BCUT2D eigenvalue weighted by Crippen LogP contribution is -2.36. The van der Waals surface area contributed by atoms with Crippen LogP contribution >= 0.6 is 11.8 Å². The quantitative estimate of drug-likeness (QED) is 0.705. The Hall–Kier alpha value is -2.34. The monoisotopic (exact) mass is 374 g/mol. The van der Waals surface area contributed by atoms with E-state index in [4.69, 9.17) is 9.47 Å². The molecule has 2 amide bonds. The Kier molecular flexibility index (Phi) is 7.66. The molecule has 0 unspecified atom stereocenters. The highest BCUT2D eigenvalue weighted by Gasteiger charge is 2.11. The number of urea groups is 1. The second-order valence-electron chi connectivity index (χ2n) is 5.78. The summed E-state index contributed by atoms with van der Waals surface area (Å²) >= 11 is 1.69. The largest absolute Gasteiger partial charge is 0.493 e. The topological polar surface area (TPSA) is 50.8 Å². The Balaban J connectivity index is 1.94. The van der Waals surface area contributed by atoms with Crippen molar-refractivity contribution in [2.75, 3.05) is 27.0 Å². The van der Waals surface area contributed by atoms with Gasteiger partial charge in [0.1, 0.15) is 0 Å². The van der Waals surface area contributed by atoms with E-state index in [0.29, 0.717) is 31.2 Å². The molecule has 0 bridgehead atoms. The number of nitrogens with zero attached hydrogens (tertiary/aromatic N) is 1. The van der Waals surface area contributed by atoms with Crippen LogP contribution in [0.2, 0.25) is 0 Å². The van der Waals surface area contributed by atoms with Gasteiger partial charge < -0.3 is 19.7 Å². The van der Waals surface area contributed by atoms with Gasteiger partial charge in [0.25, 0.3) is 0 Å². The molecule has 0 heterocycles. The minimum atomic E-state index is -0.117. The lowest BCUT2D eigenvalue weighted by Gasteiger charge is -2.19. The number of hydrogen-bond donors (Lipinski definition) is 1. The first-order valence-corrected chi connectivity index (χ1v) is 9.71. The molecular weight excluding hydrogens is 348 g/mol. The molecule has 2 aromatic carbocycles. The molecule has 0 saturated heterocycles. The number of carbonyl (C=O) groups is 1. The predicted molar refractivity (Wildman–Crippen MR) is 106 cm³/mol. The number of carbonyl (C=O) groups excluding carboxylic acids is 1. The van der Waals surface area contributed by atoms with Gasteiger partial charge in [-0.2, -0.15) is 0 Å². The van der Waals surface area contributed by atoms with Crippen LogP contribution in [0.4, 0.5) is 4.79 Å². The fourth-order valence-corrected chi connectivity index (χ4v) is 3.01. The maximum atomic E-state index is 12.4. The van der Waals surface area contributed by atoms with Gasteiger partial charge in [0.15, 0.2) is 11.5 Å². The van der Waals surface area contributed by atoms with Crippen molar-refractivity contribution in [2.24, 2.45) is 0 Å². The average molecular weight is 375 g/mol. The predicted octanol–water partition coefficient (Wildman–Crippen LogP) is 4.16. The Labute approximate surface area is 159 Å². The second kappa shape index (κ2) is 9.97. The maximum Gasteiger partial charge on any atom is 0.317 e. The van der Waals surface area contributed by atoms with E-state index in [1.807, 2.05) is 43.5 Å². The minimum absolute atomic E-state index is 0.117. The van der Waals surface area contributed by atoms with Crippen molar-refractivity contribution in [1.82, 2.24) is 10.2 Å². The van der Waals surface area contributed by atoms with Crippen LogP contribution in [0.1, 0.15) is 18.1 Å². The smallest absolute Gasteiger partial charge is 0.317 e. The number of nitrogens with one attached hydrogen (secondary N) is 1. The molecule has 0 fully saturated rings. The third kappa shape index (κ3) is 5.59. The van der Waals surface area contributed by atoms with E-state index in [0.717, 1.165) is 11.1 Å². The highest BCUT2D eigenvalue weighted by atomic mass is 32.2. The third-order valence-electron chi connectivity index (χ3n) is 3.87. The summed E-state index contributed by atoms with van der Waals surface area (Å²) in [7, 11) is 3.39. The van der Waals surface area contributed by atoms with E-state index >= 15 is 0 Å². The number of benzene rings is 2.